The molecule has 5 nitrogen and oxygen atoms in total. The number of nitrogens with zero attached hydrogens (tertiary/aromatic N) is 1. The first-order chi connectivity index (χ1) is 19.6. The van der Waals surface area contributed by atoms with Gasteiger partial charge in [0.25, 0.3) is 0 Å². The Balaban J connectivity index is 0.000000228. The van der Waals surface area contributed by atoms with E-state index in [9.17, 15) is 22.8 Å². The van der Waals surface area contributed by atoms with E-state index in [-0.39, 0.29) is 5.56 Å². The Morgan fingerprint density at radius 1 is 0.878 bits per heavy atom. The van der Waals surface area contributed by atoms with Crippen LogP contribution < -0.4 is 5.73 Å². The second kappa shape index (κ2) is 15.3. The largest absolute Gasteiger partial charge is 0.478 e. The number of unbranched alkanes of at least 4 members (excludes halogenated alkanes) is 6. The van der Waals surface area contributed by atoms with Crippen molar-refractivity contribution in [3.8, 4) is 11.1 Å². The van der Waals surface area contributed by atoms with Gasteiger partial charge in [-0.2, -0.15) is 13.2 Å². The van der Waals surface area contributed by atoms with Gasteiger partial charge >= 0.3 is 12.1 Å². The van der Waals surface area contributed by atoms with Crippen LogP contribution in [0.4, 0.5) is 18.9 Å². The molecule has 0 unspecified atom stereocenters. The first-order valence-corrected chi connectivity index (χ1v) is 14.2. The normalized spacial score (nSPS) is 12.7. The van der Waals surface area contributed by atoms with E-state index in [1.165, 1.54) is 67.9 Å². The highest BCUT2D eigenvalue weighted by Gasteiger charge is 2.30. The number of carboxylic acid groups (broad SMARTS) is 1. The molecule has 1 amide bonds. The highest BCUT2D eigenvalue weighted by molar-refractivity contribution is 5.96. The van der Waals surface area contributed by atoms with Gasteiger partial charge in [0, 0.05) is 25.2 Å². The predicted octanol–water partition coefficient (Wildman–Crippen LogP) is 8.36. The molecule has 3 aromatic carbocycles. The van der Waals surface area contributed by atoms with Crippen molar-refractivity contribution in [2.24, 2.45) is 0 Å². The molecule has 0 radical (unpaired) electrons. The molecule has 4 rings (SSSR count). The van der Waals surface area contributed by atoms with E-state index in [4.69, 9.17) is 10.8 Å². The summed E-state index contributed by atoms with van der Waals surface area (Å²) < 4.78 is 37.3. The number of benzene rings is 3. The molecular weight excluding hydrogens is 529 g/mol. The molecule has 220 valence electrons. The zero-order chi connectivity index (χ0) is 29.8. The van der Waals surface area contributed by atoms with Gasteiger partial charge in [-0.05, 0) is 65.4 Å². The molecule has 0 aliphatic carbocycles. The summed E-state index contributed by atoms with van der Waals surface area (Å²) in [6.45, 7) is 3.83. The van der Waals surface area contributed by atoms with Crippen molar-refractivity contribution in [2.75, 3.05) is 12.3 Å². The van der Waals surface area contributed by atoms with Crippen molar-refractivity contribution in [3.05, 3.63) is 89.0 Å². The number of rotatable bonds is 10. The number of nitrogens with two attached hydrogens (primary N) is 1. The van der Waals surface area contributed by atoms with Gasteiger partial charge in [-0.3, -0.25) is 4.79 Å². The predicted molar refractivity (Wildman–Crippen MR) is 156 cm³/mol. The van der Waals surface area contributed by atoms with E-state index >= 15 is 0 Å². The number of carbonyl (C=O) groups is 2. The summed E-state index contributed by atoms with van der Waals surface area (Å²) in [5, 5.41) is 9.03. The number of fused-ring (bicyclic) bond motifs is 1. The third kappa shape index (κ3) is 9.66. The van der Waals surface area contributed by atoms with Gasteiger partial charge in [0.1, 0.15) is 0 Å². The fourth-order valence-electron chi connectivity index (χ4n) is 4.94. The van der Waals surface area contributed by atoms with Crippen molar-refractivity contribution >= 4 is 17.6 Å². The third-order valence-corrected chi connectivity index (χ3v) is 7.27. The fraction of sp³-hybridized carbons (Fsp3) is 0.394. The number of alkyl halides is 3. The lowest BCUT2D eigenvalue weighted by atomic mass is 9.98. The van der Waals surface area contributed by atoms with Crippen LogP contribution in [0.15, 0.2) is 66.7 Å². The van der Waals surface area contributed by atoms with Crippen molar-refractivity contribution in [3.63, 3.8) is 0 Å². The Hall–Kier alpha value is -3.81. The van der Waals surface area contributed by atoms with Crippen LogP contribution in [-0.4, -0.2) is 28.4 Å². The van der Waals surface area contributed by atoms with E-state index in [2.05, 4.69) is 13.0 Å². The van der Waals surface area contributed by atoms with E-state index < -0.39 is 17.7 Å². The van der Waals surface area contributed by atoms with Gasteiger partial charge in [0.05, 0.1) is 11.1 Å². The monoisotopic (exact) mass is 568 g/mol. The molecule has 8 heteroatoms. The van der Waals surface area contributed by atoms with Crippen molar-refractivity contribution < 1.29 is 27.9 Å². The summed E-state index contributed by atoms with van der Waals surface area (Å²) in [5.74, 6) is -0.800. The molecule has 3 N–H and O–H groups in total. The van der Waals surface area contributed by atoms with Gasteiger partial charge in [-0.25, -0.2) is 4.79 Å². The molecular formula is C33H39F3N2O3. The minimum Gasteiger partial charge on any atom is -0.478 e. The zero-order valence-electron chi connectivity index (χ0n) is 23.6. The standard InChI is InChI=1S/C19H30N2O.C14H9F3O2/c1-2-3-4-5-6-7-8-9-19(22)21-13-12-16-14-18(20)11-10-17(16)15-21;15-14(16,17)10-7-5-9(6-8-10)11-3-1-2-4-12(11)13(18)19/h10-11,14H,2-9,12-13,15,20H2,1H3;1-8H,(H,18,19). The fourth-order valence-corrected chi connectivity index (χ4v) is 4.94. The van der Waals surface area contributed by atoms with Crippen LogP contribution in [0, 0.1) is 0 Å². The maximum absolute atomic E-state index is 12.4. The molecule has 41 heavy (non-hydrogen) atoms. The van der Waals surface area contributed by atoms with Crippen LogP contribution in [-0.2, 0) is 23.9 Å². The van der Waals surface area contributed by atoms with Crippen molar-refractivity contribution in [1.82, 2.24) is 4.90 Å². The Morgan fingerprint density at radius 2 is 1.54 bits per heavy atom. The molecule has 0 fully saturated rings. The molecule has 0 atom stereocenters. The molecule has 0 bridgehead atoms. The van der Waals surface area contributed by atoms with Crippen LogP contribution in [0.2, 0.25) is 0 Å². The lowest BCUT2D eigenvalue weighted by Crippen LogP contribution is -2.35. The zero-order valence-corrected chi connectivity index (χ0v) is 23.6. The first-order valence-electron chi connectivity index (χ1n) is 14.2. The second-order valence-corrected chi connectivity index (χ2v) is 10.4. The molecule has 1 heterocycles. The quantitative estimate of drug-likeness (QED) is 0.190. The third-order valence-electron chi connectivity index (χ3n) is 7.27. The van der Waals surface area contributed by atoms with Crippen molar-refractivity contribution in [2.45, 2.75) is 77.4 Å². The summed E-state index contributed by atoms with van der Waals surface area (Å²) in [6.07, 6.45) is 6.04. The number of amides is 1. The minimum absolute atomic E-state index is 0.0576. The van der Waals surface area contributed by atoms with Gasteiger partial charge in [-0.15, -0.1) is 0 Å². The molecule has 0 saturated carbocycles. The van der Waals surface area contributed by atoms with E-state index in [0.29, 0.717) is 23.5 Å². The number of nitrogen functional groups attached to an aromatic ring is 1. The first kappa shape index (κ1) is 31.7. The SMILES string of the molecule is CCCCCCCCCC(=O)N1CCc2cc(N)ccc2C1.O=C(O)c1ccccc1-c1ccc(C(F)(F)F)cc1. The Kier molecular flexibility index (Phi) is 11.8. The number of aromatic carboxylic acids is 1. The van der Waals surface area contributed by atoms with Crippen LogP contribution >= 0.6 is 0 Å². The van der Waals surface area contributed by atoms with Crippen LogP contribution in [0.1, 0.15) is 85.3 Å². The summed E-state index contributed by atoms with van der Waals surface area (Å²) in [7, 11) is 0. The highest BCUT2D eigenvalue weighted by atomic mass is 19.4. The number of carboxylic acids is 1. The summed E-state index contributed by atoms with van der Waals surface area (Å²) in [5.41, 5.74) is 9.33. The maximum Gasteiger partial charge on any atom is 0.416 e. The van der Waals surface area contributed by atoms with E-state index in [0.717, 1.165) is 43.8 Å². The Morgan fingerprint density at radius 3 is 2.20 bits per heavy atom. The smallest absolute Gasteiger partial charge is 0.416 e. The van der Waals surface area contributed by atoms with E-state index in [1.54, 1.807) is 18.2 Å². The molecule has 1 aliphatic heterocycles. The van der Waals surface area contributed by atoms with Gasteiger partial charge in [0.15, 0.2) is 0 Å². The van der Waals surface area contributed by atoms with Crippen LogP contribution in [0.5, 0.6) is 0 Å². The summed E-state index contributed by atoms with van der Waals surface area (Å²) in [4.78, 5) is 25.4. The van der Waals surface area contributed by atoms with Gasteiger partial charge < -0.3 is 15.7 Å². The number of hydrogen-bond donors (Lipinski definition) is 2. The molecule has 0 spiro atoms. The minimum atomic E-state index is -4.40. The molecule has 0 aromatic heterocycles. The second-order valence-electron chi connectivity index (χ2n) is 10.4. The highest BCUT2D eigenvalue weighted by Crippen LogP contribution is 2.32. The van der Waals surface area contributed by atoms with E-state index in [1.807, 2.05) is 17.0 Å². The van der Waals surface area contributed by atoms with Crippen molar-refractivity contribution in [1.29, 1.82) is 0 Å². The molecule has 0 saturated heterocycles. The average Bonchev–Trinajstić information content (AvgIpc) is 2.96. The number of hydrogen-bond acceptors (Lipinski definition) is 3. The number of anilines is 1. The Bertz CT molecular complexity index is 1290. The average molecular weight is 569 g/mol. The topological polar surface area (TPSA) is 83.6 Å². The lowest BCUT2D eigenvalue weighted by Gasteiger charge is -2.29. The van der Waals surface area contributed by atoms with Gasteiger partial charge in [-0.1, -0.05) is 81.8 Å². The Labute approximate surface area is 240 Å². The maximum atomic E-state index is 12.4. The molecule has 1 aliphatic rings. The number of carbonyl (C=O) groups excluding carboxylic acids is 1. The summed E-state index contributed by atoms with van der Waals surface area (Å²) >= 11 is 0. The van der Waals surface area contributed by atoms with Crippen LogP contribution in [0.3, 0.4) is 0 Å². The lowest BCUT2D eigenvalue weighted by molar-refractivity contribution is -0.137. The van der Waals surface area contributed by atoms with Crippen LogP contribution in [0.25, 0.3) is 11.1 Å². The molecule has 3 aromatic rings. The van der Waals surface area contributed by atoms with Gasteiger partial charge in [0.2, 0.25) is 5.91 Å². The summed E-state index contributed by atoms with van der Waals surface area (Å²) in [6, 6.07) is 16.6. The number of halogens is 3.